The molecule has 4 heteroatoms. The molecule has 0 unspecified atom stereocenters. The first kappa shape index (κ1) is 12.1. The van der Waals surface area contributed by atoms with Crippen molar-refractivity contribution in [1.29, 1.82) is 0 Å². The van der Waals surface area contributed by atoms with Crippen LogP contribution >= 0.6 is 0 Å². The topological polar surface area (TPSA) is 62.2 Å². The summed E-state index contributed by atoms with van der Waals surface area (Å²) < 4.78 is 0. The minimum Gasteiger partial charge on any atom is -0.508 e. The molecule has 2 aromatic rings. The summed E-state index contributed by atoms with van der Waals surface area (Å²) in [5, 5.41) is 12.0. The van der Waals surface area contributed by atoms with E-state index in [-0.39, 0.29) is 11.7 Å². The largest absolute Gasteiger partial charge is 0.508 e. The summed E-state index contributed by atoms with van der Waals surface area (Å²) in [4.78, 5) is 16.1. The van der Waals surface area contributed by atoms with Gasteiger partial charge in [-0.3, -0.25) is 4.79 Å². The number of amides is 1. The number of aryl methyl sites for hydroxylation is 2. The van der Waals surface area contributed by atoms with E-state index in [2.05, 4.69) is 10.3 Å². The number of nitrogens with zero attached hydrogens (tertiary/aromatic N) is 1. The van der Waals surface area contributed by atoms with Crippen molar-refractivity contribution in [3.05, 3.63) is 53.2 Å². The third-order valence-corrected chi connectivity index (χ3v) is 2.61. The van der Waals surface area contributed by atoms with E-state index >= 15 is 0 Å². The van der Waals surface area contributed by atoms with E-state index in [4.69, 9.17) is 0 Å². The molecule has 0 aliphatic heterocycles. The predicted octanol–water partition coefficient (Wildman–Crippen LogP) is 2.66. The number of rotatable bonds is 2. The molecule has 1 amide bonds. The third kappa shape index (κ3) is 2.66. The van der Waals surface area contributed by atoms with Crippen molar-refractivity contribution in [3.63, 3.8) is 0 Å². The summed E-state index contributed by atoms with van der Waals surface area (Å²) in [6.07, 6.45) is 1.65. The van der Waals surface area contributed by atoms with Gasteiger partial charge in [0.1, 0.15) is 11.6 Å². The first-order chi connectivity index (χ1) is 8.56. The molecule has 0 aliphatic rings. The van der Waals surface area contributed by atoms with Gasteiger partial charge in [-0.25, -0.2) is 4.98 Å². The number of anilines is 1. The van der Waals surface area contributed by atoms with E-state index in [0.717, 1.165) is 11.1 Å². The van der Waals surface area contributed by atoms with Crippen LogP contribution < -0.4 is 5.32 Å². The molecule has 1 aromatic carbocycles. The molecule has 2 rings (SSSR count). The molecule has 1 heterocycles. The summed E-state index contributed by atoms with van der Waals surface area (Å²) >= 11 is 0. The summed E-state index contributed by atoms with van der Waals surface area (Å²) in [6, 6.07) is 8.30. The average Bonchev–Trinajstić information content (AvgIpc) is 2.28. The van der Waals surface area contributed by atoms with Crippen molar-refractivity contribution in [2.24, 2.45) is 0 Å². The maximum atomic E-state index is 12.0. The lowest BCUT2D eigenvalue weighted by Crippen LogP contribution is -2.14. The molecule has 0 saturated carbocycles. The highest BCUT2D eigenvalue weighted by Crippen LogP contribution is 2.17. The number of hydrogen-bond acceptors (Lipinski definition) is 3. The average molecular weight is 242 g/mol. The molecule has 4 nitrogen and oxygen atoms in total. The predicted molar refractivity (Wildman–Crippen MR) is 69.8 cm³/mol. The number of benzene rings is 1. The second-order valence-electron chi connectivity index (χ2n) is 4.17. The molecule has 92 valence electrons. The fourth-order valence-corrected chi connectivity index (χ4v) is 1.69. The third-order valence-electron chi connectivity index (χ3n) is 2.61. The second-order valence-corrected chi connectivity index (χ2v) is 4.17. The van der Waals surface area contributed by atoms with Crippen molar-refractivity contribution in [2.45, 2.75) is 13.8 Å². The van der Waals surface area contributed by atoms with Crippen LogP contribution in [0.1, 0.15) is 21.5 Å². The summed E-state index contributed by atoms with van der Waals surface area (Å²) in [6.45, 7) is 3.71. The molecule has 0 fully saturated rings. The van der Waals surface area contributed by atoms with Crippen LogP contribution in [-0.2, 0) is 0 Å². The zero-order valence-electron chi connectivity index (χ0n) is 10.3. The quantitative estimate of drug-likeness (QED) is 0.851. The van der Waals surface area contributed by atoms with Crippen molar-refractivity contribution >= 4 is 11.7 Å². The number of carbonyl (C=O) groups is 1. The molecule has 0 saturated heterocycles. The van der Waals surface area contributed by atoms with Gasteiger partial charge < -0.3 is 10.4 Å². The summed E-state index contributed by atoms with van der Waals surface area (Å²) in [5.74, 6) is 0.441. The monoisotopic (exact) mass is 242 g/mol. The number of aromatic hydroxyl groups is 1. The van der Waals surface area contributed by atoms with E-state index in [1.54, 1.807) is 31.3 Å². The maximum Gasteiger partial charge on any atom is 0.257 e. The molecule has 18 heavy (non-hydrogen) atoms. The lowest BCUT2D eigenvalue weighted by molar-refractivity contribution is 0.102. The summed E-state index contributed by atoms with van der Waals surface area (Å²) in [5.41, 5.74) is 2.28. The van der Waals surface area contributed by atoms with E-state index in [1.807, 2.05) is 13.0 Å². The van der Waals surface area contributed by atoms with Crippen LogP contribution in [0, 0.1) is 13.8 Å². The van der Waals surface area contributed by atoms with Gasteiger partial charge in [-0.05, 0) is 55.3 Å². The van der Waals surface area contributed by atoms with Gasteiger partial charge >= 0.3 is 0 Å². The normalized spacial score (nSPS) is 10.1. The SMILES string of the molecule is Cc1ccnc(NC(=O)c2ccc(O)cc2C)c1. The van der Waals surface area contributed by atoms with Crippen LogP contribution in [0.15, 0.2) is 36.5 Å². The molecule has 0 atom stereocenters. The Labute approximate surface area is 105 Å². The number of phenols is 1. The molecule has 1 aromatic heterocycles. The number of phenolic OH excluding ortho intramolecular Hbond substituents is 1. The van der Waals surface area contributed by atoms with Crippen LogP contribution in [0.4, 0.5) is 5.82 Å². The van der Waals surface area contributed by atoms with E-state index in [0.29, 0.717) is 11.4 Å². The van der Waals surface area contributed by atoms with Gasteiger partial charge in [-0.1, -0.05) is 0 Å². The van der Waals surface area contributed by atoms with Gasteiger partial charge in [0.25, 0.3) is 5.91 Å². The number of pyridine rings is 1. The van der Waals surface area contributed by atoms with E-state index in [1.165, 1.54) is 6.07 Å². The minimum absolute atomic E-state index is 0.151. The Morgan fingerprint density at radius 3 is 2.67 bits per heavy atom. The molecule has 0 bridgehead atoms. The highest BCUT2D eigenvalue weighted by Gasteiger charge is 2.10. The van der Waals surface area contributed by atoms with Crippen molar-refractivity contribution in [2.75, 3.05) is 5.32 Å². The zero-order chi connectivity index (χ0) is 13.1. The Hall–Kier alpha value is -2.36. The molecular weight excluding hydrogens is 228 g/mol. The van der Waals surface area contributed by atoms with Crippen LogP contribution in [0.2, 0.25) is 0 Å². The highest BCUT2D eigenvalue weighted by atomic mass is 16.3. The van der Waals surface area contributed by atoms with Gasteiger partial charge in [0, 0.05) is 11.8 Å². The number of carbonyl (C=O) groups excluding carboxylic acids is 1. The van der Waals surface area contributed by atoms with E-state index < -0.39 is 0 Å². The lowest BCUT2D eigenvalue weighted by atomic mass is 10.1. The smallest absolute Gasteiger partial charge is 0.257 e. The molecule has 0 radical (unpaired) electrons. The van der Waals surface area contributed by atoms with Gasteiger partial charge in [0.2, 0.25) is 0 Å². The van der Waals surface area contributed by atoms with Crippen LogP contribution in [0.5, 0.6) is 5.75 Å². The van der Waals surface area contributed by atoms with Crippen LogP contribution in [0.25, 0.3) is 0 Å². The van der Waals surface area contributed by atoms with Crippen LogP contribution in [-0.4, -0.2) is 16.0 Å². The molecular formula is C14H14N2O2. The molecule has 2 N–H and O–H groups in total. The number of hydrogen-bond donors (Lipinski definition) is 2. The van der Waals surface area contributed by atoms with Crippen molar-refractivity contribution in [1.82, 2.24) is 4.98 Å². The fourth-order valence-electron chi connectivity index (χ4n) is 1.69. The van der Waals surface area contributed by atoms with E-state index in [9.17, 15) is 9.90 Å². The Balaban J connectivity index is 2.22. The Morgan fingerprint density at radius 2 is 2.00 bits per heavy atom. The van der Waals surface area contributed by atoms with Gasteiger partial charge in [0.15, 0.2) is 0 Å². The standard InChI is InChI=1S/C14H14N2O2/c1-9-5-6-15-13(7-9)16-14(18)12-4-3-11(17)8-10(12)2/h3-8,17H,1-2H3,(H,15,16,18). The number of nitrogens with one attached hydrogen (secondary N) is 1. The highest BCUT2D eigenvalue weighted by molar-refractivity contribution is 6.04. The Morgan fingerprint density at radius 1 is 1.22 bits per heavy atom. The van der Waals surface area contributed by atoms with Gasteiger partial charge in [-0.15, -0.1) is 0 Å². The molecule has 0 spiro atoms. The maximum absolute atomic E-state index is 12.0. The van der Waals surface area contributed by atoms with Crippen molar-refractivity contribution < 1.29 is 9.90 Å². The summed E-state index contributed by atoms with van der Waals surface area (Å²) in [7, 11) is 0. The van der Waals surface area contributed by atoms with Crippen LogP contribution in [0.3, 0.4) is 0 Å². The van der Waals surface area contributed by atoms with Gasteiger partial charge in [0.05, 0.1) is 0 Å². The first-order valence-corrected chi connectivity index (χ1v) is 5.60. The van der Waals surface area contributed by atoms with Gasteiger partial charge in [-0.2, -0.15) is 0 Å². The first-order valence-electron chi connectivity index (χ1n) is 5.60. The fraction of sp³-hybridized carbons (Fsp3) is 0.143. The Kier molecular flexibility index (Phi) is 3.28. The zero-order valence-corrected chi connectivity index (χ0v) is 10.3. The molecule has 0 aliphatic carbocycles. The minimum atomic E-state index is -0.231. The number of aromatic nitrogens is 1. The lowest BCUT2D eigenvalue weighted by Gasteiger charge is -2.07. The Bertz CT molecular complexity index is 594. The van der Waals surface area contributed by atoms with Crippen molar-refractivity contribution in [3.8, 4) is 5.75 Å². The second kappa shape index (κ2) is 4.87.